The predicted octanol–water partition coefficient (Wildman–Crippen LogP) is -4.06. The van der Waals surface area contributed by atoms with Crippen LogP contribution in [0.25, 0.3) is 0 Å². The van der Waals surface area contributed by atoms with Gasteiger partial charge in [0.25, 0.3) is 0 Å². The Morgan fingerprint density at radius 2 is 1.64 bits per heavy atom. The molecule has 0 amide bonds. The zero-order chi connectivity index (χ0) is 10.4. The van der Waals surface area contributed by atoms with E-state index in [1.807, 2.05) is 0 Å². The van der Waals surface area contributed by atoms with E-state index < -0.39 is 17.9 Å². The van der Waals surface area contributed by atoms with Gasteiger partial charge in [0.2, 0.25) is 0 Å². The van der Waals surface area contributed by atoms with Crippen molar-refractivity contribution < 1.29 is 53.8 Å². The molecule has 0 aromatic carbocycles. The third kappa shape index (κ3) is 7.72. The quantitative estimate of drug-likeness (QED) is 0.189. The van der Waals surface area contributed by atoms with Gasteiger partial charge < -0.3 is 14.6 Å². The Labute approximate surface area is 103 Å². The maximum absolute atomic E-state index is 9.92. The summed E-state index contributed by atoms with van der Waals surface area (Å²) in [5.74, 6) is -2.34. The molecule has 0 atom stereocenters. The van der Waals surface area contributed by atoms with Crippen LogP contribution in [0.2, 0.25) is 0 Å². The van der Waals surface area contributed by atoms with Crippen LogP contribution in [-0.2, 0) is 19.1 Å². The van der Waals surface area contributed by atoms with Gasteiger partial charge in [0, 0.05) is 12.2 Å². The fraction of sp³-hybridized carbons (Fsp3) is 0.125. The number of carbonyl (C=O) groups is 3. The van der Waals surface area contributed by atoms with Gasteiger partial charge in [-0.2, -0.15) is 0 Å². The van der Waals surface area contributed by atoms with E-state index in [1.54, 1.807) is 0 Å². The maximum atomic E-state index is 9.92. The van der Waals surface area contributed by atoms with Gasteiger partial charge in [-0.3, -0.25) is 0 Å². The zero-order valence-electron chi connectivity index (χ0n) is 7.90. The molecule has 0 radical (unpaired) electrons. The molecule has 1 aliphatic heterocycles. The molecule has 0 aliphatic carbocycles. The molecule has 14 heavy (non-hydrogen) atoms. The van der Waals surface area contributed by atoms with E-state index in [4.69, 9.17) is 0 Å². The Morgan fingerprint density at radius 1 is 1.36 bits per heavy atom. The standard InChI is InChI=1S/C4H2O3.C4H6O2.Na/c5-3-1-2-4(6)7-3;1-3(2)4(5)6;/h1-2H;1H2,2H3,(H,5,6);/q;;+1/p-1. The van der Waals surface area contributed by atoms with Gasteiger partial charge in [0.05, 0.1) is 5.97 Å². The molecule has 0 saturated heterocycles. The van der Waals surface area contributed by atoms with Gasteiger partial charge >= 0.3 is 41.5 Å². The molecule has 0 unspecified atom stereocenters. The van der Waals surface area contributed by atoms with Gasteiger partial charge in [0.15, 0.2) is 0 Å². The van der Waals surface area contributed by atoms with E-state index in [-0.39, 0.29) is 35.1 Å². The Kier molecular flexibility index (Phi) is 8.32. The third-order valence-corrected chi connectivity index (χ3v) is 0.905. The summed E-state index contributed by atoms with van der Waals surface area (Å²) in [6, 6.07) is 0. The number of carboxylic acids is 1. The van der Waals surface area contributed by atoms with Gasteiger partial charge in [-0.15, -0.1) is 0 Å². The van der Waals surface area contributed by atoms with Crippen molar-refractivity contribution in [1.29, 1.82) is 0 Å². The third-order valence-electron chi connectivity index (χ3n) is 0.905. The maximum Gasteiger partial charge on any atom is 1.00 e. The van der Waals surface area contributed by atoms with Gasteiger partial charge in [-0.1, -0.05) is 6.58 Å². The van der Waals surface area contributed by atoms with Crippen LogP contribution in [-0.4, -0.2) is 17.9 Å². The first kappa shape index (κ1) is 15.6. The molecule has 0 aromatic heterocycles. The average Bonchev–Trinajstić information content (AvgIpc) is 2.35. The molecule has 5 nitrogen and oxygen atoms in total. The van der Waals surface area contributed by atoms with Crippen LogP contribution in [0, 0.1) is 0 Å². The number of carboxylic acid groups (broad SMARTS) is 1. The van der Waals surface area contributed by atoms with E-state index in [0.717, 1.165) is 12.2 Å². The van der Waals surface area contributed by atoms with Crippen molar-refractivity contribution in [2.75, 3.05) is 0 Å². The van der Waals surface area contributed by atoms with Crippen LogP contribution in [0.1, 0.15) is 6.92 Å². The number of esters is 2. The van der Waals surface area contributed by atoms with Crippen molar-refractivity contribution in [2.24, 2.45) is 0 Å². The van der Waals surface area contributed by atoms with Crippen LogP contribution in [0.4, 0.5) is 0 Å². The molecular formula is C8H7NaO5. The number of rotatable bonds is 1. The molecule has 0 bridgehead atoms. The molecule has 0 aromatic rings. The number of hydrogen-bond donors (Lipinski definition) is 0. The van der Waals surface area contributed by atoms with E-state index in [1.165, 1.54) is 6.92 Å². The zero-order valence-corrected chi connectivity index (χ0v) is 9.90. The summed E-state index contributed by atoms with van der Waals surface area (Å²) < 4.78 is 3.97. The first-order valence-corrected chi connectivity index (χ1v) is 3.24. The number of aliphatic carboxylic acids is 1. The Bertz CT molecular complexity index is 264. The molecule has 1 rings (SSSR count). The summed E-state index contributed by atoms with van der Waals surface area (Å²) in [4.78, 5) is 29.3. The molecule has 0 N–H and O–H groups in total. The van der Waals surface area contributed by atoms with Crippen LogP contribution in [0.5, 0.6) is 0 Å². The molecule has 6 heteroatoms. The van der Waals surface area contributed by atoms with Crippen LogP contribution in [0.3, 0.4) is 0 Å². The topological polar surface area (TPSA) is 83.5 Å². The summed E-state index contributed by atoms with van der Waals surface area (Å²) in [5.41, 5.74) is 0.0648. The van der Waals surface area contributed by atoms with Gasteiger partial charge in [0.1, 0.15) is 0 Å². The monoisotopic (exact) mass is 206 g/mol. The summed E-state index contributed by atoms with van der Waals surface area (Å²) >= 11 is 0. The first-order chi connectivity index (χ1) is 5.93. The number of carbonyl (C=O) groups excluding carboxylic acids is 3. The van der Waals surface area contributed by atoms with Crippen LogP contribution in [0.15, 0.2) is 24.3 Å². The first-order valence-electron chi connectivity index (χ1n) is 3.24. The SMILES string of the molecule is C=C(C)C(=O)[O-].O=C1C=CC(=O)O1.[Na+]. The Balaban J connectivity index is 0. The second-order valence-corrected chi connectivity index (χ2v) is 2.14. The largest absolute Gasteiger partial charge is 1.00 e. The van der Waals surface area contributed by atoms with Crippen LogP contribution >= 0.6 is 0 Å². The minimum atomic E-state index is -1.19. The van der Waals surface area contributed by atoms with Crippen molar-refractivity contribution in [3.8, 4) is 0 Å². The Morgan fingerprint density at radius 3 is 1.71 bits per heavy atom. The fourth-order valence-corrected chi connectivity index (χ4v) is 0.303. The molecule has 1 heterocycles. The van der Waals surface area contributed by atoms with Crippen molar-refractivity contribution in [3.05, 3.63) is 24.3 Å². The number of hydrogen-bond acceptors (Lipinski definition) is 5. The molecule has 70 valence electrons. The van der Waals surface area contributed by atoms with E-state index in [9.17, 15) is 19.5 Å². The summed E-state index contributed by atoms with van der Waals surface area (Å²) in [7, 11) is 0. The Hall–Kier alpha value is -0.910. The second-order valence-electron chi connectivity index (χ2n) is 2.14. The van der Waals surface area contributed by atoms with Gasteiger partial charge in [-0.25, -0.2) is 9.59 Å². The summed E-state index contributed by atoms with van der Waals surface area (Å²) in [6.45, 7) is 4.48. The second kappa shape index (κ2) is 7.49. The smallest absolute Gasteiger partial charge is 0.545 e. The molecule has 0 fully saturated rings. The van der Waals surface area contributed by atoms with Crippen molar-refractivity contribution in [1.82, 2.24) is 0 Å². The fourth-order valence-electron chi connectivity index (χ4n) is 0.303. The van der Waals surface area contributed by atoms with E-state index >= 15 is 0 Å². The minimum Gasteiger partial charge on any atom is -0.545 e. The van der Waals surface area contributed by atoms with Crippen LogP contribution < -0.4 is 34.7 Å². The summed E-state index contributed by atoms with van der Waals surface area (Å²) in [5, 5.41) is 9.49. The van der Waals surface area contributed by atoms with E-state index in [2.05, 4.69) is 11.3 Å². The normalized spacial score (nSPS) is 12.1. The average molecular weight is 206 g/mol. The number of ether oxygens (including phenoxy) is 1. The molecule has 0 saturated carbocycles. The molecule has 1 aliphatic rings. The van der Waals surface area contributed by atoms with Crippen molar-refractivity contribution in [2.45, 2.75) is 6.92 Å². The van der Waals surface area contributed by atoms with E-state index in [0.29, 0.717) is 0 Å². The minimum absolute atomic E-state index is 0. The predicted molar refractivity (Wildman–Crippen MR) is 40.1 cm³/mol. The van der Waals surface area contributed by atoms with Crippen molar-refractivity contribution >= 4 is 17.9 Å². The van der Waals surface area contributed by atoms with Gasteiger partial charge in [-0.05, 0) is 12.5 Å². The summed E-state index contributed by atoms with van der Waals surface area (Å²) in [6.07, 6.45) is 2.17. The van der Waals surface area contributed by atoms with Crippen molar-refractivity contribution in [3.63, 3.8) is 0 Å². The molecule has 0 spiro atoms. The molecular weight excluding hydrogens is 199 g/mol. The number of cyclic esters (lactones) is 2.